The predicted molar refractivity (Wildman–Crippen MR) is 60.6 cm³/mol. The Hall–Kier alpha value is -1.49. The summed E-state index contributed by atoms with van der Waals surface area (Å²) in [6.45, 7) is 8.76. The molecule has 86 valence electrons. The summed E-state index contributed by atoms with van der Waals surface area (Å²) in [6, 6.07) is 0. The number of ether oxygens (including phenoxy) is 1. The normalized spacial score (nSPS) is 22.2. The lowest BCUT2D eigenvalue weighted by atomic mass is 10.2. The minimum Gasteiger partial charge on any atom is -0.377 e. The van der Waals surface area contributed by atoms with Gasteiger partial charge < -0.3 is 4.74 Å². The van der Waals surface area contributed by atoms with E-state index in [1.165, 1.54) is 4.68 Å². The monoisotopic (exact) mass is 222 g/mol. The lowest BCUT2D eigenvalue weighted by molar-refractivity contribution is -0.487. The van der Waals surface area contributed by atoms with E-state index in [0.717, 1.165) is 43.9 Å². The molecule has 2 aliphatic rings. The molecule has 0 aromatic carbocycles. The number of carbonyl (C=O) groups excluding carboxylic acids is 1. The molecular weight excluding hydrogens is 206 g/mol. The second kappa shape index (κ2) is 4.57. The molecule has 0 spiro atoms. The van der Waals surface area contributed by atoms with Gasteiger partial charge in [-0.2, -0.15) is 0 Å². The highest BCUT2D eigenvalue weighted by Gasteiger charge is 2.32. The van der Waals surface area contributed by atoms with Gasteiger partial charge in [0.25, 0.3) is 0 Å². The fourth-order valence-corrected chi connectivity index (χ4v) is 2.01. The number of rotatable bonds is 2. The maximum Gasteiger partial charge on any atom is 0.314 e. The van der Waals surface area contributed by atoms with Crippen LogP contribution in [0.15, 0.2) is 16.5 Å². The van der Waals surface area contributed by atoms with Crippen LogP contribution in [0.5, 0.6) is 0 Å². The van der Waals surface area contributed by atoms with Gasteiger partial charge in [0.1, 0.15) is 12.1 Å². The molecule has 0 amide bonds. The molecule has 0 aromatic rings. The summed E-state index contributed by atoms with van der Waals surface area (Å²) in [5.74, 6) is 0.804. The molecule has 5 heteroatoms. The Labute approximate surface area is 94.7 Å². The minimum atomic E-state index is 0.636. The van der Waals surface area contributed by atoms with Gasteiger partial charge in [-0.05, 0) is 6.92 Å². The van der Waals surface area contributed by atoms with E-state index in [2.05, 4.69) is 16.7 Å². The summed E-state index contributed by atoms with van der Waals surface area (Å²) >= 11 is 0. The van der Waals surface area contributed by atoms with Crippen LogP contribution in [0.1, 0.15) is 13.3 Å². The molecule has 0 saturated carbocycles. The fourth-order valence-electron chi connectivity index (χ4n) is 2.01. The number of allylic oxidation sites excluding steroid dienone is 1. The van der Waals surface area contributed by atoms with Crippen molar-refractivity contribution in [2.24, 2.45) is 5.10 Å². The van der Waals surface area contributed by atoms with Gasteiger partial charge >= 0.3 is 5.82 Å². The van der Waals surface area contributed by atoms with Gasteiger partial charge in [0, 0.05) is 6.42 Å². The van der Waals surface area contributed by atoms with Crippen LogP contribution in [0, 0.1) is 0 Å². The molecule has 2 heterocycles. The van der Waals surface area contributed by atoms with Crippen LogP contribution in [0.25, 0.3) is 0 Å². The van der Waals surface area contributed by atoms with Crippen molar-refractivity contribution in [3.8, 4) is 0 Å². The van der Waals surface area contributed by atoms with E-state index in [0.29, 0.717) is 12.2 Å². The zero-order valence-corrected chi connectivity index (χ0v) is 9.48. The summed E-state index contributed by atoms with van der Waals surface area (Å²) in [6.07, 6.45) is 1.81. The Kier molecular flexibility index (Phi) is 3.14. The van der Waals surface area contributed by atoms with Gasteiger partial charge in [0.2, 0.25) is 0 Å². The molecule has 5 nitrogen and oxygen atoms in total. The smallest absolute Gasteiger partial charge is 0.314 e. The summed E-state index contributed by atoms with van der Waals surface area (Å²) in [7, 11) is 0. The van der Waals surface area contributed by atoms with Gasteiger partial charge in [0.05, 0.1) is 32.2 Å². The Morgan fingerprint density at radius 2 is 2.31 bits per heavy atom. The Balaban J connectivity index is 2.27. The van der Waals surface area contributed by atoms with Crippen molar-refractivity contribution in [3.63, 3.8) is 0 Å². The van der Waals surface area contributed by atoms with Crippen LogP contribution in [0.3, 0.4) is 0 Å². The number of carbonyl (C=O) groups is 1. The lowest BCUT2D eigenvalue weighted by Gasteiger charge is -2.14. The molecule has 0 bridgehead atoms. The third kappa shape index (κ3) is 1.90. The van der Waals surface area contributed by atoms with Crippen LogP contribution < -0.4 is 0 Å². The van der Waals surface area contributed by atoms with Crippen molar-refractivity contribution in [1.82, 2.24) is 4.90 Å². The predicted octanol–water partition coefficient (Wildman–Crippen LogP) is 0.222. The molecule has 0 aromatic heterocycles. The molecule has 1 saturated heterocycles. The van der Waals surface area contributed by atoms with Crippen molar-refractivity contribution < 1.29 is 14.2 Å². The van der Waals surface area contributed by atoms with Gasteiger partial charge in [-0.15, -0.1) is 4.68 Å². The first-order valence-corrected chi connectivity index (χ1v) is 5.42. The molecule has 0 atom stereocenters. The average molecular weight is 222 g/mol. The van der Waals surface area contributed by atoms with E-state index < -0.39 is 0 Å². The summed E-state index contributed by atoms with van der Waals surface area (Å²) in [4.78, 5) is 13.2. The van der Waals surface area contributed by atoms with E-state index in [4.69, 9.17) is 4.74 Å². The number of nitrogens with zero attached hydrogens (tertiary/aromatic N) is 3. The standard InChI is InChI=1S/C11H16N3O2/c1-9-10(8-15)11(13(2)12-9)14-4-3-6-16-7-5-14/h8H,2-7H2,1H3/q+1. The first-order valence-electron chi connectivity index (χ1n) is 5.42. The third-order valence-corrected chi connectivity index (χ3v) is 2.79. The number of hydrazone groups is 1. The van der Waals surface area contributed by atoms with E-state index in [9.17, 15) is 4.79 Å². The highest BCUT2D eigenvalue weighted by atomic mass is 16.5. The largest absolute Gasteiger partial charge is 0.377 e. The van der Waals surface area contributed by atoms with E-state index >= 15 is 0 Å². The summed E-state index contributed by atoms with van der Waals surface area (Å²) < 4.78 is 6.92. The van der Waals surface area contributed by atoms with Crippen LogP contribution in [0.4, 0.5) is 0 Å². The van der Waals surface area contributed by atoms with Crippen LogP contribution in [0.2, 0.25) is 0 Å². The van der Waals surface area contributed by atoms with Gasteiger partial charge in [-0.3, -0.25) is 9.69 Å². The fraction of sp³-hybridized carbons (Fsp3) is 0.545. The third-order valence-electron chi connectivity index (χ3n) is 2.79. The number of aldehydes is 1. The maximum absolute atomic E-state index is 11.1. The first kappa shape index (κ1) is 11.0. The first-order chi connectivity index (χ1) is 7.74. The minimum absolute atomic E-state index is 0.636. The summed E-state index contributed by atoms with van der Waals surface area (Å²) in [5, 5.41) is 4.18. The number of hydrogen-bond acceptors (Lipinski definition) is 4. The van der Waals surface area contributed by atoms with Crippen molar-refractivity contribution in [3.05, 3.63) is 11.4 Å². The SMILES string of the molecule is C=[N+]1N=C(C)C(C=O)=C1N1CCCOCC1. The van der Waals surface area contributed by atoms with E-state index in [1.807, 2.05) is 6.92 Å². The van der Waals surface area contributed by atoms with Crippen molar-refractivity contribution >= 4 is 18.7 Å². The zero-order valence-electron chi connectivity index (χ0n) is 9.48. The van der Waals surface area contributed by atoms with E-state index in [1.54, 1.807) is 0 Å². The van der Waals surface area contributed by atoms with Gasteiger partial charge in [-0.25, -0.2) is 0 Å². The molecule has 2 aliphatic heterocycles. The second-order valence-electron chi connectivity index (χ2n) is 3.89. The Morgan fingerprint density at radius 3 is 3.06 bits per heavy atom. The van der Waals surface area contributed by atoms with Crippen LogP contribution >= 0.6 is 0 Å². The molecular formula is C11H16N3O2+. The molecule has 0 N–H and O–H groups in total. The van der Waals surface area contributed by atoms with Crippen molar-refractivity contribution in [2.75, 3.05) is 26.3 Å². The molecule has 16 heavy (non-hydrogen) atoms. The maximum atomic E-state index is 11.1. The highest BCUT2D eigenvalue weighted by molar-refractivity contribution is 6.14. The summed E-state index contributed by atoms with van der Waals surface area (Å²) in [5.41, 5.74) is 1.36. The molecule has 0 radical (unpaired) electrons. The second-order valence-corrected chi connectivity index (χ2v) is 3.89. The Morgan fingerprint density at radius 1 is 1.50 bits per heavy atom. The zero-order chi connectivity index (χ0) is 11.5. The van der Waals surface area contributed by atoms with Crippen LogP contribution in [-0.4, -0.2) is 54.6 Å². The number of hydrogen-bond donors (Lipinski definition) is 0. The van der Waals surface area contributed by atoms with Gasteiger partial charge in [-0.1, -0.05) is 5.10 Å². The van der Waals surface area contributed by atoms with Crippen molar-refractivity contribution in [2.45, 2.75) is 13.3 Å². The quantitative estimate of drug-likeness (QED) is 0.496. The lowest BCUT2D eigenvalue weighted by Crippen LogP contribution is -2.30. The molecule has 1 fully saturated rings. The molecule has 2 rings (SSSR count). The van der Waals surface area contributed by atoms with Gasteiger partial charge in [0.15, 0.2) is 6.29 Å². The molecule has 0 aliphatic carbocycles. The van der Waals surface area contributed by atoms with E-state index in [-0.39, 0.29) is 0 Å². The van der Waals surface area contributed by atoms with Crippen molar-refractivity contribution in [1.29, 1.82) is 0 Å². The average Bonchev–Trinajstić information content (AvgIpc) is 2.48. The topological polar surface area (TPSA) is 44.9 Å². The highest BCUT2D eigenvalue weighted by Crippen LogP contribution is 2.19. The van der Waals surface area contributed by atoms with Crippen LogP contribution in [-0.2, 0) is 9.53 Å². The molecule has 0 unspecified atom stereocenters. The Bertz CT molecular complexity index is 377.